The van der Waals surface area contributed by atoms with Crippen LogP contribution in [-0.2, 0) is 4.74 Å². The van der Waals surface area contributed by atoms with Gasteiger partial charge in [-0.25, -0.2) is 4.39 Å². The van der Waals surface area contributed by atoms with Crippen LogP contribution in [0.3, 0.4) is 0 Å². The van der Waals surface area contributed by atoms with E-state index in [1.54, 1.807) is 36.3 Å². The van der Waals surface area contributed by atoms with Gasteiger partial charge in [-0.3, -0.25) is 9.89 Å². The monoisotopic (exact) mass is 409 g/mol. The molecule has 0 saturated heterocycles. The first-order valence-corrected chi connectivity index (χ1v) is 9.87. The van der Waals surface area contributed by atoms with Crippen molar-refractivity contribution in [3.05, 3.63) is 70.2 Å². The first kappa shape index (κ1) is 20.1. The number of H-pyrrole nitrogens is 1. The molecule has 0 bridgehead atoms. The fourth-order valence-electron chi connectivity index (χ4n) is 4.02. The maximum atomic E-state index is 14.8. The standard InChI is InChI=1S/C23H24FN3O3/c1-13-11-16(18(28)12-14(13)2)20-19-21(26-25-20)23(29)27(9-6-10-30-3)22(19)15-7-4-5-8-17(15)24/h4-5,7-8,11-12,22,28H,6,9-10H2,1-3H3,(H,25,26)/t22-/m0/s1. The maximum Gasteiger partial charge on any atom is 0.273 e. The van der Waals surface area contributed by atoms with Gasteiger partial charge in [-0.1, -0.05) is 18.2 Å². The summed E-state index contributed by atoms with van der Waals surface area (Å²) in [6, 6.07) is 9.33. The van der Waals surface area contributed by atoms with Gasteiger partial charge in [0.1, 0.15) is 23.0 Å². The van der Waals surface area contributed by atoms with E-state index in [1.807, 2.05) is 19.9 Å². The normalized spacial score (nSPS) is 15.7. The lowest BCUT2D eigenvalue weighted by molar-refractivity contribution is 0.0721. The number of amides is 1. The number of halogens is 1. The third kappa shape index (κ3) is 3.25. The van der Waals surface area contributed by atoms with Gasteiger partial charge in [0.25, 0.3) is 5.91 Å². The number of methoxy groups -OCH3 is 1. The largest absolute Gasteiger partial charge is 0.507 e. The smallest absolute Gasteiger partial charge is 0.273 e. The Labute approximate surface area is 174 Å². The average molecular weight is 409 g/mol. The summed E-state index contributed by atoms with van der Waals surface area (Å²) in [7, 11) is 1.60. The van der Waals surface area contributed by atoms with E-state index in [0.717, 1.165) is 11.1 Å². The highest BCUT2D eigenvalue weighted by Crippen LogP contribution is 2.45. The maximum absolute atomic E-state index is 14.8. The lowest BCUT2D eigenvalue weighted by atomic mass is 9.94. The number of aromatic amines is 1. The molecule has 2 aromatic carbocycles. The van der Waals surface area contributed by atoms with E-state index in [9.17, 15) is 14.3 Å². The quantitative estimate of drug-likeness (QED) is 0.601. The third-order valence-electron chi connectivity index (χ3n) is 5.68. The Morgan fingerprint density at radius 3 is 2.70 bits per heavy atom. The van der Waals surface area contributed by atoms with Gasteiger partial charge in [-0.2, -0.15) is 5.10 Å². The molecule has 0 fully saturated rings. The zero-order valence-corrected chi connectivity index (χ0v) is 17.2. The van der Waals surface area contributed by atoms with Crippen LogP contribution in [0.5, 0.6) is 5.75 Å². The highest BCUT2D eigenvalue weighted by atomic mass is 19.1. The number of ether oxygens (including phenoxy) is 1. The number of hydrogen-bond acceptors (Lipinski definition) is 4. The average Bonchev–Trinajstić information content (AvgIpc) is 3.25. The Balaban J connectivity index is 1.88. The van der Waals surface area contributed by atoms with Gasteiger partial charge in [0.2, 0.25) is 0 Å². The van der Waals surface area contributed by atoms with Crippen molar-refractivity contribution in [3.8, 4) is 17.0 Å². The van der Waals surface area contributed by atoms with Crippen molar-refractivity contribution >= 4 is 5.91 Å². The van der Waals surface area contributed by atoms with Gasteiger partial charge in [-0.05, 0) is 49.6 Å². The SMILES string of the molecule is COCCCN1C(=O)c2[nH]nc(-c3cc(C)c(C)cc3O)c2[C@@H]1c1ccccc1F. The summed E-state index contributed by atoms with van der Waals surface area (Å²) in [5.41, 5.74) is 4.22. The van der Waals surface area contributed by atoms with Crippen molar-refractivity contribution in [2.45, 2.75) is 26.3 Å². The van der Waals surface area contributed by atoms with Crippen molar-refractivity contribution in [2.75, 3.05) is 20.3 Å². The Bertz CT molecular complexity index is 1110. The number of aromatic hydroxyl groups is 1. The second kappa shape index (κ2) is 7.91. The first-order chi connectivity index (χ1) is 14.4. The molecule has 0 aliphatic carbocycles. The number of phenols is 1. The summed E-state index contributed by atoms with van der Waals surface area (Å²) in [5.74, 6) is -0.558. The molecule has 0 saturated carbocycles. The van der Waals surface area contributed by atoms with E-state index in [1.165, 1.54) is 6.07 Å². The molecule has 0 spiro atoms. The summed E-state index contributed by atoms with van der Waals surface area (Å²) >= 11 is 0. The predicted octanol–water partition coefficient (Wildman–Crippen LogP) is 4.12. The molecule has 2 heterocycles. The molecule has 30 heavy (non-hydrogen) atoms. The number of aromatic nitrogens is 2. The molecular weight excluding hydrogens is 385 g/mol. The molecule has 156 valence electrons. The van der Waals surface area contributed by atoms with Crippen LogP contribution < -0.4 is 0 Å². The Morgan fingerprint density at radius 1 is 1.23 bits per heavy atom. The number of nitrogens with zero attached hydrogens (tertiary/aromatic N) is 2. The number of fused-ring (bicyclic) bond motifs is 1. The number of rotatable bonds is 6. The topological polar surface area (TPSA) is 78.5 Å². The molecule has 0 radical (unpaired) electrons. The number of carbonyl (C=O) groups is 1. The Hall–Kier alpha value is -3.19. The van der Waals surface area contributed by atoms with E-state index in [2.05, 4.69) is 10.2 Å². The van der Waals surface area contributed by atoms with Crippen LogP contribution in [0.1, 0.15) is 45.2 Å². The van der Waals surface area contributed by atoms with E-state index in [4.69, 9.17) is 4.74 Å². The molecule has 1 aromatic heterocycles. The predicted molar refractivity (Wildman–Crippen MR) is 111 cm³/mol. The van der Waals surface area contributed by atoms with Gasteiger partial charge in [0, 0.05) is 37.0 Å². The van der Waals surface area contributed by atoms with Gasteiger partial charge in [-0.15, -0.1) is 0 Å². The number of aryl methyl sites for hydroxylation is 2. The van der Waals surface area contributed by atoms with Crippen LogP contribution in [0, 0.1) is 19.7 Å². The molecule has 6 nitrogen and oxygen atoms in total. The number of benzene rings is 2. The summed E-state index contributed by atoms with van der Waals surface area (Å²) in [6.07, 6.45) is 0.620. The van der Waals surface area contributed by atoms with E-state index >= 15 is 0 Å². The zero-order valence-electron chi connectivity index (χ0n) is 17.2. The molecule has 3 aromatic rings. The molecule has 1 atom stereocenters. The first-order valence-electron chi connectivity index (χ1n) is 9.87. The number of phenolic OH excluding ortho intramolecular Hbond substituents is 1. The molecule has 1 amide bonds. The van der Waals surface area contributed by atoms with E-state index in [0.29, 0.717) is 47.7 Å². The van der Waals surface area contributed by atoms with Crippen molar-refractivity contribution < 1.29 is 19.0 Å². The number of carbonyl (C=O) groups excluding carboxylic acids is 1. The van der Waals surface area contributed by atoms with Crippen LogP contribution in [0.15, 0.2) is 36.4 Å². The fraction of sp³-hybridized carbons (Fsp3) is 0.304. The second-order valence-electron chi connectivity index (χ2n) is 7.58. The minimum absolute atomic E-state index is 0.0740. The highest BCUT2D eigenvalue weighted by molar-refractivity contribution is 6.00. The van der Waals surface area contributed by atoms with Crippen LogP contribution in [0.4, 0.5) is 4.39 Å². The summed E-state index contributed by atoms with van der Waals surface area (Å²) in [6.45, 7) is 4.76. The van der Waals surface area contributed by atoms with Crippen molar-refractivity contribution in [3.63, 3.8) is 0 Å². The minimum atomic E-state index is -0.639. The number of nitrogens with one attached hydrogen (secondary N) is 1. The van der Waals surface area contributed by atoms with Crippen molar-refractivity contribution in [2.24, 2.45) is 0 Å². The minimum Gasteiger partial charge on any atom is -0.507 e. The third-order valence-corrected chi connectivity index (χ3v) is 5.68. The fourth-order valence-corrected chi connectivity index (χ4v) is 4.02. The van der Waals surface area contributed by atoms with Crippen LogP contribution in [0.2, 0.25) is 0 Å². The lowest BCUT2D eigenvalue weighted by Crippen LogP contribution is -2.31. The van der Waals surface area contributed by atoms with Crippen molar-refractivity contribution in [1.82, 2.24) is 15.1 Å². The van der Waals surface area contributed by atoms with E-state index in [-0.39, 0.29) is 11.7 Å². The summed E-state index contributed by atoms with van der Waals surface area (Å²) in [5, 5.41) is 17.8. The molecule has 2 N–H and O–H groups in total. The number of hydrogen-bond donors (Lipinski definition) is 2. The Morgan fingerprint density at radius 2 is 1.97 bits per heavy atom. The van der Waals surface area contributed by atoms with Crippen LogP contribution in [0.25, 0.3) is 11.3 Å². The second-order valence-corrected chi connectivity index (χ2v) is 7.58. The molecule has 4 rings (SSSR count). The summed E-state index contributed by atoms with van der Waals surface area (Å²) < 4.78 is 19.9. The molecule has 7 heteroatoms. The lowest BCUT2D eigenvalue weighted by Gasteiger charge is -2.26. The molecule has 0 unspecified atom stereocenters. The molecular formula is C23H24FN3O3. The van der Waals surface area contributed by atoms with Gasteiger partial charge in [0.05, 0.1) is 6.04 Å². The van der Waals surface area contributed by atoms with Crippen LogP contribution in [-0.4, -0.2) is 46.4 Å². The van der Waals surface area contributed by atoms with Gasteiger partial charge in [0.15, 0.2) is 0 Å². The van der Waals surface area contributed by atoms with Crippen LogP contribution >= 0.6 is 0 Å². The Kier molecular flexibility index (Phi) is 5.30. The van der Waals surface area contributed by atoms with Gasteiger partial charge >= 0.3 is 0 Å². The zero-order chi connectivity index (χ0) is 21.4. The van der Waals surface area contributed by atoms with Crippen molar-refractivity contribution in [1.29, 1.82) is 0 Å². The van der Waals surface area contributed by atoms with E-state index < -0.39 is 11.9 Å². The summed E-state index contributed by atoms with van der Waals surface area (Å²) in [4.78, 5) is 14.8. The van der Waals surface area contributed by atoms with Gasteiger partial charge < -0.3 is 14.7 Å². The molecule has 1 aliphatic rings. The highest BCUT2D eigenvalue weighted by Gasteiger charge is 2.43. The molecule has 1 aliphatic heterocycles.